The summed E-state index contributed by atoms with van der Waals surface area (Å²) < 4.78 is 0. The Morgan fingerprint density at radius 3 is 2.03 bits per heavy atom. The zero-order valence-electron chi connectivity index (χ0n) is 18.5. The molecule has 1 aromatic carbocycles. The van der Waals surface area contributed by atoms with Gasteiger partial charge in [-0.15, -0.1) is 10.2 Å². The van der Waals surface area contributed by atoms with Gasteiger partial charge in [-0.1, -0.05) is 22.7 Å². The molecule has 2 aromatic heterocycles. The first kappa shape index (κ1) is 23.5. The standard InChI is InChI=1S/C20H26N8O2S2/c1-5-26(6-2)19-22-15(16-17(21)23-20(31-16)27(7-3)8-4)18(32-19)25-24-13-9-11-14(12-10-13)28(29)30/h9-12H,5-8,21H2,1-4H3. The van der Waals surface area contributed by atoms with E-state index in [4.69, 9.17) is 10.7 Å². The van der Waals surface area contributed by atoms with E-state index in [0.717, 1.165) is 41.3 Å². The molecule has 3 aromatic rings. The highest BCUT2D eigenvalue weighted by molar-refractivity contribution is 7.22. The summed E-state index contributed by atoms with van der Waals surface area (Å²) in [5.74, 6) is 0.417. The maximum atomic E-state index is 10.9. The summed E-state index contributed by atoms with van der Waals surface area (Å²) in [6, 6.07) is 5.93. The van der Waals surface area contributed by atoms with Crippen LogP contribution in [-0.2, 0) is 0 Å². The van der Waals surface area contributed by atoms with Gasteiger partial charge in [0.15, 0.2) is 15.3 Å². The molecular formula is C20H26N8O2S2. The molecule has 10 nitrogen and oxygen atoms in total. The number of azo groups is 1. The van der Waals surface area contributed by atoms with Gasteiger partial charge in [0, 0.05) is 38.3 Å². The zero-order valence-corrected chi connectivity index (χ0v) is 20.1. The van der Waals surface area contributed by atoms with Gasteiger partial charge in [-0.25, -0.2) is 9.97 Å². The zero-order chi connectivity index (χ0) is 23.3. The number of nitro groups is 1. The molecule has 0 atom stereocenters. The molecule has 0 spiro atoms. The molecule has 0 fully saturated rings. The first-order chi connectivity index (χ1) is 15.4. The number of hydrogen-bond donors (Lipinski definition) is 1. The van der Waals surface area contributed by atoms with Gasteiger partial charge < -0.3 is 15.5 Å². The molecule has 0 aliphatic heterocycles. The molecule has 32 heavy (non-hydrogen) atoms. The summed E-state index contributed by atoms with van der Waals surface area (Å²) in [6.45, 7) is 11.6. The van der Waals surface area contributed by atoms with Crippen LogP contribution in [0.5, 0.6) is 0 Å². The van der Waals surface area contributed by atoms with Gasteiger partial charge in [0.2, 0.25) is 0 Å². The van der Waals surface area contributed by atoms with E-state index in [1.165, 1.54) is 34.8 Å². The fourth-order valence-electron chi connectivity index (χ4n) is 3.01. The molecule has 0 radical (unpaired) electrons. The fourth-order valence-corrected chi connectivity index (χ4v) is 5.20. The smallest absolute Gasteiger partial charge is 0.269 e. The maximum absolute atomic E-state index is 10.9. The van der Waals surface area contributed by atoms with Crippen LogP contribution in [0.4, 0.5) is 32.5 Å². The van der Waals surface area contributed by atoms with Crippen molar-refractivity contribution >= 4 is 55.1 Å². The maximum Gasteiger partial charge on any atom is 0.269 e. The number of benzene rings is 1. The summed E-state index contributed by atoms with van der Waals surface area (Å²) in [6.07, 6.45) is 0. The second-order valence-electron chi connectivity index (χ2n) is 6.68. The van der Waals surface area contributed by atoms with Gasteiger partial charge in [-0.3, -0.25) is 10.1 Å². The molecule has 0 amide bonds. The Kier molecular flexibility index (Phi) is 7.70. The molecule has 2 heterocycles. The van der Waals surface area contributed by atoms with E-state index in [1.54, 1.807) is 12.1 Å². The van der Waals surface area contributed by atoms with Crippen molar-refractivity contribution in [1.29, 1.82) is 0 Å². The van der Waals surface area contributed by atoms with Gasteiger partial charge in [-0.05, 0) is 39.8 Å². The number of non-ortho nitro benzene ring substituents is 1. The first-order valence-corrected chi connectivity index (χ1v) is 12.0. The second kappa shape index (κ2) is 10.5. The monoisotopic (exact) mass is 474 g/mol. The Balaban J connectivity index is 2.03. The predicted molar refractivity (Wildman–Crippen MR) is 132 cm³/mol. The third kappa shape index (κ3) is 5.02. The van der Waals surface area contributed by atoms with E-state index in [1.807, 2.05) is 0 Å². The summed E-state index contributed by atoms with van der Waals surface area (Å²) in [4.78, 5) is 24.8. The molecule has 0 bridgehead atoms. The number of nitrogens with zero attached hydrogens (tertiary/aromatic N) is 7. The van der Waals surface area contributed by atoms with Crippen LogP contribution in [0.2, 0.25) is 0 Å². The van der Waals surface area contributed by atoms with Gasteiger partial charge in [0.1, 0.15) is 16.4 Å². The van der Waals surface area contributed by atoms with E-state index in [-0.39, 0.29) is 5.69 Å². The fraction of sp³-hybridized carbons (Fsp3) is 0.400. The lowest BCUT2D eigenvalue weighted by molar-refractivity contribution is -0.384. The molecule has 0 saturated carbocycles. The Bertz CT molecular complexity index is 1090. The summed E-state index contributed by atoms with van der Waals surface area (Å²) in [5, 5.41) is 21.9. The highest BCUT2D eigenvalue weighted by Gasteiger charge is 2.22. The molecule has 0 aliphatic carbocycles. The third-order valence-electron chi connectivity index (χ3n) is 4.84. The van der Waals surface area contributed by atoms with Crippen LogP contribution < -0.4 is 15.5 Å². The predicted octanol–water partition coefficient (Wildman–Crippen LogP) is 5.86. The Morgan fingerprint density at radius 2 is 1.50 bits per heavy atom. The van der Waals surface area contributed by atoms with Crippen molar-refractivity contribution in [2.45, 2.75) is 27.7 Å². The van der Waals surface area contributed by atoms with Gasteiger partial charge >= 0.3 is 0 Å². The van der Waals surface area contributed by atoms with Crippen molar-refractivity contribution in [3.05, 3.63) is 34.4 Å². The molecule has 0 aliphatic rings. The Morgan fingerprint density at radius 1 is 0.938 bits per heavy atom. The number of nitrogen functional groups attached to an aromatic ring is 1. The number of nitrogens with two attached hydrogens (primary N) is 1. The number of hydrogen-bond acceptors (Lipinski definition) is 11. The Labute approximate surface area is 194 Å². The van der Waals surface area contributed by atoms with Crippen molar-refractivity contribution in [3.63, 3.8) is 0 Å². The van der Waals surface area contributed by atoms with Gasteiger partial charge in [-0.2, -0.15) is 0 Å². The number of aromatic nitrogens is 2. The van der Waals surface area contributed by atoms with E-state index >= 15 is 0 Å². The van der Waals surface area contributed by atoms with Crippen LogP contribution in [0, 0.1) is 10.1 Å². The van der Waals surface area contributed by atoms with Crippen LogP contribution in [0.15, 0.2) is 34.5 Å². The van der Waals surface area contributed by atoms with Crippen LogP contribution >= 0.6 is 22.7 Å². The highest BCUT2D eigenvalue weighted by atomic mass is 32.1. The number of nitro benzene ring substituents is 1. The lowest BCUT2D eigenvalue weighted by atomic mass is 10.3. The van der Waals surface area contributed by atoms with Gasteiger partial charge in [0.25, 0.3) is 5.69 Å². The Hall–Kier alpha value is -3.12. The average Bonchev–Trinajstić information content (AvgIpc) is 3.37. The molecule has 0 unspecified atom stereocenters. The summed E-state index contributed by atoms with van der Waals surface area (Å²) in [7, 11) is 0. The second-order valence-corrected chi connectivity index (χ2v) is 8.61. The SMILES string of the molecule is CCN(CC)c1nc(-c2sc(N(CC)CC)nc2N)c(N=Nc2ccc([N+](=O)[O-])cc2)s1. The third-order valence-corrected chi connectivity index (χ3v) is 6.98. The molecule has 0 saturated heterocycles. The van der Waals surface area contributed by atoms with Crippen LogP contribution in [0.25, 0.3) is 10.6 Å². The first-order valence-electron chi connectivity index (χ1n) is 10.3. The van der Waals surface area contributed by atoms with Crippen molar-refractivity contribution in [1.82, 2.24) is 9.97 Å². The topological polar surface area (TPSA) is 126 Å². The quantitative estimate of drug-likeness (QED) is 0.221. The largest absolute Gasteiger partial charge is 0.382 e. The van der Waals surface area contributed by atoms with Crippen molar-refractivity contribution in [2.24, 2.45) is 10.2 Å². The van der Waals surface area contributed by atoms with Crippen molar-refractivity contribution < 1.29 is 4.92 Å². The van der Waals surface area contributed by atoms with Crippen LogP contribution in [-0.4, -0.2) is 41.1 Å². The molecule has 2 N–H and O–H groups in total. The van der Waals surface area contributed by atoms with E-state index in [2.05, 4.69) is 52.7 Å². The lowest BCUT2D eigenvalue weighted by Crippen LogP contribution is -2.21. The molecular weight excluding hydrogens is 448 g/mol. The van der Waals surface area contributed by atoms with Gasteiger partial charge in [0.05, 0.1) is 10.6 Å². The average molecular weight is 475 g/mol. The number of rotatable bonds is 10. The number of thiazole rings is 2. The minimum atomic E-state index is -0.446. The summed E-state index contributed by atoms with van der Waals surface area (Å²) >= 11 is 2.92. The lowest BCUT2D eigenvalue weighted by Gasteiger charge is -2.16. The number of anilines is 3. The minimum absolute atomic E-state index is 0.00705. The van der Waals surface area contributed by atoms with Crippen LogP contribution in [0.3, 0.4) is 0 Å². The molecule has 12 heteroatoms. The molecule has 170 valence electrons. The van der Waals surface area contributed by atoms with E-state index in [9.17, 15) is 10.1 Å². The van der Waals surface area contributed by atoms with Crippen molar-refractivity contribution in [3.8, 4) is 10.6 Å². The normalized spacial score (nSPS) is 11.2. The molecule has 3 rings (SSSR count). The minimum Gasteiger partial charge on any atom is -0.382 e. The van der Waals surface area contributed by atoms with Crippen LogP contribution in [0.1, 0.15) is 27.7 Å². The summed E-state index contributed by atoms with van der Waals surface area (Å²) in [5.41, 5.74) is 7.45. The van der Waals surface area contributed by atoms with Crippen molar-refractivity contribution in [2.75, 3.05) is 41.7 Å². The van der Waals surface area contributed by atoms with E-state index in [0.29, 0.717) is 22.2 Å². The van der Waals surface area contributed by atoms with E-state index < -0.39 is 4.92 Å². The highest BCUT2D eigenvalue weighted by Crippen LogP contribution is 2.46.